The maximum atomic E-state index is 12.8. The van der Waals surface area contributed by atoms with Gasteiger partial charge in [-0.1, -0.05) is 30.3 Å². The third kappa shape index (κ3) is 4.23. The summed E-state index contributed by atoms with van der Waals surface area (Å²) in [4.78, 5) is 37.3. The number of hydrogen-bond acceptors (Lipinski definition) is 6. The lowest BCUT2D eigenvalue weighted by Gasteiger charge is -2.25. The number of hydrogen-bond donors (Lipinski definition) is 1. The van der Waals surface area contributed by atoms with E-state index in [9.17, 15) is 24.8 Å². The van der Waals surface area contributed by atoms with E-state index in [1.807, 2.05) is 19.9 Å². The first kappa shape index (κ1) is 21.2. The lowest BCUT2D eigenvalue weighted by atomic mass is 9.95. The number of nitrogens with zero attached hydrogens (tertiary/aromatic N) is 2. The molecule has 1 unspecified atom stereocenters. The van der Waals surface area contributed by atoms with Gasteiger partial charge in [0.15, 0.2) is 0 Å². The number of amides is 1. The second-order valence-electron chi connectivity index (χ2n) is 7.13. The summed E-state index contributed by atoms with van der Waals surface area (Å²) >= 11 is 0. The molecule has 1 amide bonds. The predicted octanol–water partition coefficient (Wildman–Crippen LogP) is 3.44. The van der Waals surface area contributed by atoms with Crippen molar-refractivity contribution in [1.29, 1.82) is 0 Å². The highest BCUT2D eigenvalue weighted by atomic mass is 16.6. The van der Waals surface area contributed by atoms with Gasteiger partial charge in [-0.05, 0) is 31.5 Å². The molecule has 3 rings (SSSR count). The second kappa shape index (κ2) is 8.87. The van der Waals surface area contributed by atoms with Crippen LogP contribution in [0.2, 0.25) is 0 Å². The maximum Gasteiger partial charge on any atom is 0.295 e. The first-order valence-corrected chi connectivity index (χ1v) is 9.51. The van der Waals surface area contributed by atoms with Crippen molar-refractivity contribution in [1.82, 2.24) is 4.90 Å². The number of aliphatic hydroxyl groups is 1. The largest absolute Gasteiger partial charge is 0.507 e. The molecule has 2 aromatic carbocycles. The number of aliphatic hydroxyl groups excluding tert-OH is 1. The van der Waals surface area contributed by atoms with E-state index in [4.69, 9.17) is 4.74 Å². The Kier molecular flexibility index (Phi) is 6.27. The second-order valence-corrected chi connectivity index (χ2v) is 7.13. The van der Waals surface area contributed by atoms with Crippen molar-refractivity contribution in [2.75, 3.05) is 13.2 Å². The minimum absolute atomic E-state index is 0.0305. The van der Waals surface area contributed by atoms with E-state index in [-0.39, 0.29) is 41.8 Å². The molecule has 0 aromatic heterocycles. The highest BCUT2D eigenvalue weighted by Gasteiger charge is 2.45. The molecule has 30 heavy (non-hydrogen) atoms. The molecule has 0 aliphatic carbocycles. The fourth-order valence-corrected chi connectivity index (χ4v) is 3.38. The van der Waals surface area contributed by atoms with Gasteiger partial charge in [-0.25, -0.2) is 0 Å². The highest BCUT2D eigenvalue weighted by Crippen LogP contribution is 2.39. The number of likely N-dealkylation sites (tertiary alicyclic amines) is 1. The van der Waals surface area contributed by atoms with Gasteiger partial charge in [-0.2, -0.15) is 0 Å². The predicted molar refractivity (Wildman–Crippen MR) is 110 cm³/mol. The van der Waals surface area contributed by atoms with Gasteiger partial charge in [-0.3, -0.25) is 19.7 Å². The zero-order valence-electron chi connectivity index (χ0n) is 16.6. The monoisotopic (exact) mass is 410 g/mol. The first-order chi connectivity index (χ1) is 14.3. The molecule has 0 bridgehead atoms. The minimum Gasteiger partial charge on any atom is -0.507 e. The van der Waals surface area contributed by atoms with Gasteiger partial charge in [0.05, 0.1) is 29.2 Å². The molecule has 156 valence electrons. The number of carbonyl (C=O) groups is 2. The topological polar surface area (TPSA) is 110 Å². The summed E-state index contributed by atoms with van der Waals surface area (Å²) in [6.07, 6.45) is -0.0305. The number of benzene rings is 2. The smallest absolute Gasteiger partial charge is 0.295 e. The summed E-state index contributed by atoms with van der Waals surface area (Å²) in [5.74, 6) is -1.90. The van der Waals surface area contributed by atoms with Crippen LogP contribution in [0.3, 0.4) is 0 Å². The number of carbonyl (C=O) groups excluding carboxylic acids is 2. The van der Waals surface area contributed by atoms with Crippen molar-refractivity contribution in [3.8, 4) is 0 Å². The number of ether oxygens (including phenoxy) is 1. The van der Waals surface area contributed by atoms with Crippen LogP contribution < -0.4 is 0 Å². The van der Waals surface area contributed by atoms with Gasteiger partial charge in [0.2, 0.25) is 0 Å². The molecule has 1 fully saturated rings. The fraction of sp³-hybridized carbons (Fsp3) is 0.273. The summed E-state index contributed by atoms with van der Waals surface area (Å²) in [6, 6.07) is 13.3. The Balaban J connectivity index is 2.05. The molecular weight excluding hydrogens is 388 g/mol. The zero-order valence-corrected chi connectivity index (χ0v) is 16.6. The van der Waals surface area contributed by atoms with E-state index in [0.29, 0.717) is 5.56 Å². The molecule has 0 saturated carbocycles. The summed E-state index contributed by atoms with van der Waals surface area (Å²) in [5.41, 5.74) is 0.699. The van der Waals surface area contributed by atoms with E-state index >= 15 is 0 Å². The van der Waals surface area contributed by atoms with Crippen LogP contribution in [-0.4, -0.2) is 45.9 Å². The molecule has 1 saturated heterocycles. The third-order valence-electron chi connectivity index (χ3n) is 4.79. The zero-order chi connectivity index (χ0) is 21.8. The highest BCUT2D eigenvalue weighted by molar-refractivity contribution is 6.46. The Hall–Kier alpha value is -3.52. The number of non-ortho nitro benzene ring substituents is 1. The third-order valence-corrected chi connectivity index (χ3v) is 4.79. The van der Waals surface area contributed by atoms with Crippen LogP contribution >= 0.6 is 0 Å². The van der Waals surface area contributed by atoms with Crippen LogP contribution in [0, 0.1) is 10.1 Å². The number of nitro benzene ring substituents is 1. The van der Waals surface area contributed by atoms with Crippen molar-refractivity contribution in [2.45, 2.75) is 26.0 Å². The quantitative estimate of drug-likeness (QED) is 0.246. The standard InChI is InChI=1S/C22H22N2O6/c1-14(2)30-13-12-23-19(15-6-4-3-5-7-15)18(21(26)22(23)27)20(25)16-8-10-17(11-9-16)24(28)29/h3-11,14,19,25H,12-13H2,1-2H3/b20-18-. The van der Waals surface area contributed by atoms with Gasteiger partial charge < -0.3 is 14.7 Å². The molecule has 8 heteroatoms. The Bertz CT molecular complexity index is 982. The van der Waals surface area contributed by atoms with E-state index in [1.54, 1.807) is 24.3 Å². The number of Topliss-reactive ketones (excluding diaryl/α,β-unsaturated/α-hetero) is 1. The normalized spacial score (nSPS) is 18.2. The molecule has 1 atom stereocenters. The summed E-state index contributed by atoms with van der Waals surface area (Å²) in [6.45, 7) is 4.17. The van der Waals surface area contributed by atoms with Gasteiger partial charge in [0.1, 0.15) is 5.76 Å². The van der Waals surface area contributed by atoms with Gasteiger partial charge >= 0.3 is 0 Å². The van der Waals surface area contributed by atoms with Gasteiger partial charge in [0, 0.05) is 24.2 Å². The van der Waals surface area contributed by atoms with Crippen molar-refractivity contribution in [2.24, 2.45) is 0 Å². The summed E-state index contributed by atoms with van der Waals surface area (Å²) in [5, 5.41) is 21.8. The van der Waals surface area contributed by atoms with Crippen molar-refractivity contribution >= 4 is 23.1 Å². The lowest BCUT2D eigenvalue weighted by Crippen LogP contribution is -2.33. The number of nitro groups is 1. The SMILES string of the molecule is CC(C)OCCN1C(=O)C(=O)/C(=C(\O)c2ccc([N+](=O)[O-])cc2)C1c1ccccc1. The van der Waals surface area contributed by atoms with Crippen LogP contribution in [0.5, 0.6) is 0 Å². The van der Waals surface area contributed by atoms with E-state index in [1.165, 1.54) is 29.2 Å². The molecular formula is C22H22N2O6. The fourth-order valence-electron chi connectivity index (χ4n) is 3.38. The number of rotatable bonds is 7. The van der Waals surface area contributed by atoms with Gasteiger partial charge in [0.25, 0.3) is 17.4 Å². The first-order valence-electron chi connectivity index (χ1n) is 9.51. The molecule has 1 N–H and O–H groups in total. The Labute approximate surface area is 173 Å². The van der Waals surface area contributed by atoms with Crippen molar-refractivity contribution in [3.05, 3.63) is 81.4 Å². The van der Waals surface area contributed by atoms with Crippen LogP contribution in [0.1, 0.15) is 31.0 Å². The van der Waals surface area contributed by atoms with Crippen LogP contribution in [0.15, 0.2) is 60.2 Å². The number of ketones is 1. The molecule has 0 spiro atoms. The molecule has 1 heterocycles. The van der Waals surface area contributed by atoms with E-state index in [0.717, 1.165) is 0 Å². The van der Waals surface area contributed by atoms with Gasteiger partial charge in [-0.15, -0.1) is 0 Å². The summed E-state index contributed by atoms with van der Waals surface area (Å²) in [7, 11) is 0. The summed E-state index contributed by atoms with van der Waals surface area (Å²) < 4.78 is 5.54. The molecule has 1 aliphatic heterocycles. The van der Waals surface area contributed by atoms with Crippen molar-refractivity contribution < 1.29 is 24.4 Å². The Morgan fingerprint density at radius 2 is 1.77 bits per heavy atom. The van der Waals surface area contributed by atoms with Crippen LogP contribution in [0.25, 0.3) is 5.76 Å². The Morgan fingerprint density at radius 1 is 1.13 bits per heavy atom. The molecule has 1 aliphatic rings. The van der Waals surface area contributed by atoms with E-state index < -0.39 is 22.7 Å². The van der Waals surface area contributed by atoms with Crippen molar-refractivity contribution in [3.63, 3.8) is 0 Å². The van der Waals surface area contributed by atoms with Crippen LogP contribution in [0.4, 0.5) is 5.69 Å². The Morgan fingerprint density at radius 3 is 2.33 bits per heavy atom. The molecule has 2 aromatic rings. The molecule has 8 nitrogen and oxygen atoms in total. The average molecular weight is 410 g/mol. The minimum atomic E-state index is -0.802. The average Bonchev–Trinajstić information content (AvgIpc) is 2.98. The van der Waals surface area contributed by atoms with E-state index in [2.05, 4.69) is 0 Å². The lowest BCUT2D eigenvalue weighted by molar-refractivity contribution is -0.384. The van der Waals surface area contributed by atoms with Crippen LogP contribution in [-0.2, 0) is 14.3 Å². The molecule has 0 radical (unpaired) electrons. The maximum absolute atomic E-state index is 12.8.